The topological polar surface area (TPSA) is 295 Å². The van der Waals surface area contributed by atoms with Gasteiger partial charge in [0.25, 0.3) is 0 Å². The molecule has 1 aromatic carbocycles. The molecular weight excluding hydrogens is 1020 g/mol. The maximum Gasteiger partial charge on any atom is 0.341 e. The van der Waals surface area contributed by atoms with E-state index in [1.165, 1.54) is 40.1 Å². The van der Waals surface area contributed by atoms with Gasteiger partial charge < -0.3 is 84.1 Å². The van der Waals surface area contributed by atoms with Gasteiger partial charge in [0, 0.05) is 68.8 Å². The van der Waals surface area contributed by atoms with Crippen LogP contribution < -0.4 is 21.4 Å². The number of fused-ring (bicyclic) bond motifs is 1. The minimum absolute atomic E-state index is 0.0154. The Labute approximate surface area is 455 Å². The van der Waals surface area contributed by atoms with Crippen molar-refractivity contribution in [3.05, 3.63) is 39.9 Å². The van der Waals surface area contributed by atoms with Gasteiger partial charge in [-0.05, 0) is 107 Å². The minimum Gasteiger partial charge on any atom is -0.477 e. The number of ether oxygens (including phenoxy) is 7. The molecule has 4 fully saturated rings. The van der Waals surface area contributed by atoms with Crippen LogP contribution in [0.15, 0.2) is 23.1 Å². The summed E-state index contributed by atoms with van der Waals surface area (Å²) < 4.78 is 61.3. The van der Waals surface area contributed by atoms with Gasteiger partial charge in [0.15, 0.2) is 18.7 Å². The third-order valence-electron chi connectivity index (χ3n) is 16.3. The molecule has 0 spiro atoms. The number of aliphatic hydroxyl groups excluding tert-OH is 2. The lowest BCUT2D eigenvalue weighted by atomic mass is 9.78. The number of hydrogen-bond donors (Lipinski definition) is 8. The summed E-state index contributed by atoms with van der Waals surface area (Å²) in [5.74, 6) is -7.44. The average molecular weight is 1110 g/mol. The number of methoxy groups -OCH3 is 1. The van der Waals surface area contributed by atoms with E-state index in [1.807, 2.05) is 25.9 Å². The molecule has 1 saturated carbocycles. The Kier molecular flexibility index (Phi) is 20.6. The van der Waals surface area contributed by atoms with Gasteiger partial charge in [0.2, 0.25) is 11.3 Å². The number of aromatic carboxylic acids is 1. The van der Waals surface area contributed by atoms with Crippen molar-refractivity contribution in [2.45, 2.75) is 211 Å². The molecule has 0 unspecified atom stereocenters. The van der Waals surface area contributed by atoms with Gasteiger partial charge in [-0.25, -0.2) is 9.18 Å². The molecular formula is C55H86FN5O17. The SMILES string of the molecule is CC[C@H]1OC(=O)[C@H](C)[C@@H](O[C@@H]2C[C@](C)(OC)[C@H](OC(=O)CCNCCNc3cc4c(cc3F)c(=O)c(C(=O)O)cn4C3CC3)[C@@H](C)O2)[C@H](C)[C@@H](O[C@@H]2O[C@@H](C)C[C@@H](N(C)C)[C@@H]2O)[C@](C)(O)C[C@@H](C)NC(=O)[C@H](C)[C@@H](O)[C@]1(C)O. The molecule has 1 aromatic heterocycles. The predicted molar refractivity (Wildman–Crippen MR) is 283 cm³/mol. The van der Waals surface area contributed by atoms with Crippen molar-refractivity contribution in [1.82, 2.24) is 20.1 Å². The van der Waals surface area contributed by atoms with E-state index in [-0.39, 0.29) is 68.0 Å². The van der Waals surface area contributed by atoms with Crippen molar-refractivity contribution >= 4 is 40.4 Å². The Hall–Kier alpha value is -4.40. The van der Waals surface area contributed by atoms with E-state index in [0.29, 0.717) is 18.5 Å². The summed E-state index contributed by atoms with van der Waals surface area (Å²) in [6.07, 6.45) is -7.96. The first-order valence-corrected chi connectivity index (χ1v) is 27.4. The number of carbonyl (C=O) groups is 4. The third kappa shape index (κ3) is 14.2. The number of aromatic nitrogens is 1. The van der Waals surface area contributed by atoms with E-state index < -0.39 is 137 Å². The standard InChI is InChI=1S/C55H86FN5O17/c1-14-40-55(10,71)46(65)31(6)49(66)59-27(2)24-53(8,70)47(78-52-44(64)39(60(11)12)21-28(3)73-52)29(4)45(30(5)51(69)75-40)77-42-25-54(9,72-13)48(32(7)74-42)76-41(62)17-18-57-19-20-58-37-23-38-34(22-36(37)56)43(63)35(50(67)68)26-61(38)33-15-16-33/h22-23,26-33,39-40,42,44-48,52,57-58,64-65,70-71H,14-21,24-25H2,1-13H3,(H,59,66)(H,67,68)/t27-,28+,29+,30-,31-,32-,39-,40-,42-,44+,45+,46-,47-,48-,52+,53-,54+,55-/m1/s1. The lowest BCUT2D eigenvalue weighted by molar-refractivity contribution is -0.318. The number of halogens is 1. The van der Waals surface area contributed by atoms with Gasteiger partial charge in [0.1, 0.15) is 34.8 Å². The second kappa shape index (κ2) is 25.6. The zero-order valence-corrected chi connectivity index (χ0v) is 47.4. The van der Waals surface area contributed by atoms with Gasteiger partial charge in [-0.1, -0.05) is 20.8 Å². The van der Waals surface area contributed by atoms with Crippen LogP contribution in [0, 0.1) is 23.6 Å². The molecule has 78 heavy (non-hydrogen) atoms. The third-order valence-corrected chi connectivity index (χ3v) is 16.3. The molecule has 4 heterocycles. The lowest BCUT2D eigenvalue weighted by Gasteiger charge is -2.49. The molecule has 22 nitrogen and oxygen atoms in total. The van der Waals surface area contributed by atoms with Gasteiger partial charge in [-0.15, -0.1) is 0 Å². The molecule has 8 N–H and O–H groups in total. The molecule has 18 atom stereocenters. The fourth-order valence-corrected chi connectivity index (χ4v) is 11.6. The molecule has 3 saturated heterocycles. The van der Waals surface area contributed by atoms with Gasteiger partial charge in [-0.2, -0.15) is 0 Å². The second-order valence-electron chi connectivity index (χ2n) is 23.1. The minimum atomic E-state index is -2.09. The van der Waals surface area contributed by atoms with E-state index in [9.17, 15) is 49.5 Å². The van der Waals surface area contributed by atoms with Crippen LogP contribution in [-0.4, -0.2) is 190 Å². The summed E-state index contributed by atoms with van der Waals surface area (Å²) in [7, 11) is 5.11. The normalized spacial score (nSPS) is 37.5. The monoisotopic (exact) mass is 1110 g/mol. The van der Waals surface area contributed by atoms with E-state index in [4.69, 9.17) is 33.2 Å². The van der Waals surface area contributed by atoms with Crippen molar-refractivity contribution in [1.29, 1.82) is 0 Å². The number of nitrogens with zero attached hydrogens (tertiary/aromatic N) is 2. The van der Waals surface area contributed by atoms with E-state index in [2.05, 4.69) is 16.0 Å². The van der Waals surface area contributed by atoms with Crippen LogP contribution in [0.3, 0.4) is 0 Å². The number of likely N-dealkylation sites (N-methyl/N-ethyl adjacent to an activating group) is 1. The highest BCUT2D eigenvalue weighted by Gasteiger charge is 2.54. The molecule has 0 bridgehead atoms. The van der Waals surface area contributed by atoms with Crippen LogP contribution in [-0.2, 0) is 47.5 Å². The highest BCUT2D eigenvalue weighted by Crippen LogP contribution is 2.41. The Bertz CT molecular complexity index is 2490. The van der Waals surface area contributed by atoms with Gasteiger partial charge in [0.05, 0.1) is 65.6 Å². The first kappa shape index (κ1) is 62.8. The van der Waals surface area contributed by atoms with E-state index in [1.54, 1.807) is 46.1 Å². The molecule has 4 aliphatic rings. The van der Waals surface area contributed by atoms with Crippen molar-refractivity contribution in [2.75, 3.05) is 46.2 Å². The summed E-state index contributed by atoms with van der Waals surface area (Å²) >= 11 is 0. The largest absolute Gasteiger partial charge is 0.477 e. The molecule has 2 aromatic rings. The van der Waals surface area contributed by atoms with Crippen LogP contribution >= 0.6 is 0 Å². The van der Waals surface area contributed by atoms with Crippen LogP contribution in [0.25, 0.3) is 10.9 Å². The lowest BCUT2D eigenvalue weighted by Crippen LogP contribution is -2.61. The quantitative estimate of drug-likeness (QED) is 0.0833. The first-order chi connectivity index (χ1) is 36.5. The fourth-order valence-electron chi connectivity index (χ4n) is 11.6. The fraction of sp³-hybridized carbons (Fsp3) is 0.764. The van der Waals surface area contributed by atoms with Crippen molar-refractivity contribution < 1.29 is 82.3 Å². The number of pyridine rings is 1. The van der Waals surface area contributed by atoms with E-state index in [0.717, 1.165) is 18.9 Å². The molecule has 23 heteroatoms. The maximum atomic E-state index is 15.2. The van der Waals surface area contributed by atoms with Crippen LogP contribution in [0.4, 0.5) is 10.1 Å². The Balaban J connectivity index is 1.18. The van der Waals surface area contributed by atoms with Gasteiger partial charge >= 0.3 is 17.9 Å². The van der Waals surface area contributed by atoms with Crippen LogP contribution in [0.2, 0.25) is 0 Å². The number of carboxylic acids is 1. The number of benzene rings is 1. The highest BCUT2D eigenvalue weighted by molar-refractivity contribution is 5.93. The molecule has 3 aliphatic heterocycles. The number of nitrogens with one attached hydrogen (secondary N) is 3. The Morgan fingerprint density at radius 3 is 2.23 bits per heavy atom. The van der Waals surface area contributed by atoms with Crippen LogP contribution in [0.1, 0.15) is 131 Å². The Morgan fingerprint density at radius 1 is 0.936 bits per heavy atom. The zero-order chi connectivity index (χ0) is 57.9. The molecule has 6 rings (SSSR count). The van der Waals surface area contributed by atoms with Crippen molar-refractivity contribution in [3.63, 3.8) is 0 Å². The number of rotatable bonds is 17. The maximum absolute atomic E-state index is 15.2. The van der Waals surface area contributed by atoms with Gasteiger partial charge in [-0.3, -0.25) is 19.2 Å². The van der Waals surface area contributed by atoms with E-state index >= 15 is 4.39 Å². The number of esters is 2. The highest BCUT2D eigenvalue weighted by atomic mass is 19.1. The van der Waals surface area contributed by atoms with Crippen molar-refractivity contribution in [2.24, 2.45) is 17.8 Å². The molecule has 1 amide bonds. The number of hydrogen-bond acceptors (Lipinski definition) is 19. The second-order valence-corrected chi connectivity index (χ2v) is 23.1. The molecule has 1 aliphatic carbocycles. The average Bonchev–Trinajstić information content (AvgIpc) is 4.24. The van der Waals surface area contributed by atoms with Crippen molar-refractivity contribution in [3.8, 4) is 0 Å². The summed E-state index contributed by atoms with van der Waals surface area (Å²) in [5, 5.41) is 66.1. The molecule has 440 valence electrons. The summed E-state index contributed by atoms with van der Waals surface area (Å²) in [5.41, 5.74) is -5.77. The number of amides is 1. The Morgan fingerprint density at radius 2 is 1.62 bits per heavy atom. The summed E-state index contributed by atoms with van der Waals surface area (Å²) in [6, 6.07) is 1.45. The number of carbonyl (C=O) groups excluding carboxylic acids is 3. The summed E-state index contributed by atoms with van der Waals surface area (Å²) in [4.78, 5) is 68.1. The van der Waals surface area contributed by atoms with Crippen LogP contribution in [0.5, 0.6) is 0 Å². The number of anilines is 1. The predicted octanol–water partition coefficient (Wildman–Crippen LogP) is 3.21. The number of aliphatic hydroxyl groups is 4. The molecule has 0 radical (unpaired) electrons. The summed E-state index contributed by atoms with van der Waals surface area (Å²) in [6.45, 7) is 16.9. The smallest absolute Gasteiger partial charge is 0.341 e. The zero-order valence-electron chi connectivity index (χ0n) is 47.4. The first-order valence-electron chi connectivity index (χ1n) is 27.4. The number of carboxylic acid groups (broad SMARTS) is 1. The number of cyclic esters (lactones) is 1.